The van der Waals surface area contributed by atoms with Gasteiger partial charge in [-0.2, -0.15) is 0 Å². The predicted octanol–water partition coefficient (Wildman–Crippen LogP) is 1.88. The van der Waals surface area contributed by atoms with Crippen LogP contribution in [0.3, 0.4) is 0 Å². The molecule has 1 unspecified atom stereocenters. The van der Waals surface area contributed by atoms with Crippen LogP contribution >= 0.6 is 22.6 Å². The van der Waals surface area contributed by atoms with E-state index in [1.807, 2.05) is 22.6 Å². The highest BCUT2D eigenvalue weighted by molar-refractivity contribution is 14.1. The van der Waals surface area contributed by atoms with Gasteiger partial charge in [0.25, 0.3) is 0 Å². The van der Waals surface area contributed by atoms with Crippen LogP contribution in [-0.4, -0.2) is 39.4 Å². The lowest BCUT2D eigenvalue weighted by Gasteiger charge is -2.10. The van der Waals surface area contributed by atoms with Crippen molar-refractivity contribution in [2.45, 2.75) is 6.92 Å². The van der Waals surface area contributed by atoms with Crippen molar-refractivity contribution in [2.24, 2.45) is 0 Å². The normalized spacial score (nSPS) is 11.7. The molecule has 0 saturated carbocycles. The minimum Gasteiger partial charge on any atom is -0.478 e. The average Bonchev–Trinajstić information content (AvgIpc) is 2.40. The number of aromatic carboxylic acids is 1. The van der Waals surface area contributed by atoms with Gasteiger partial charge >= 0.3 is 12.0 Å². The molecular weight excluding hydrogens is 395 g/mol. The molecule has 8 heteroatoms. The molecule has 1 aromatic rings. The van der Waals surface area contributed by atoms with Crippen LogP contribution in [0.5, 0.6) is 0 Å². The van der Waals surface area contributed by atoms with Crippen LogP contribution in [0.25, 0.3) is 0 Å². The van der Waals surface area contributed by atoms with E-state index in [1.54, 1.807) is 13.0 Å². The van der Waals surface area contributed by atoms with Crippen molar-refractivity contribution in [3.05, 3.63) is 27.3 Å². The van der Waals surface area contributed by atoms with Crippen molar-refractivity contribution in [1.29, 1.82) is 0 Å². The minimum atomic E-state index is -1.11. The number of nitrogens with one attached hydrogen (secondary N) is 2. The number of benzene rings is 1. The number of amides is 2. The number of carbonyl (C=O) groups excluding carboxylic acids is 1. The number of hydrogen-bond donors (Lipinski definition) is 3. The van der Waals surface area contributed by atoms with Crippen LogP contribution in [0.4, 0.5) is 10.5 Å². The molecule has 3 N–H and O–H groups in total. The van der Waals surface area contributed by atoms with Crippen LogP contribution in [0.15, 0.2) is 18.2 Å². The van der Waals surface area contributed by atoms with E-state index in [4.69, 9.17) is 5.11 Å². The fraction of sp³-hybridized carbons (Fsp3) is 0.333. The fourth-order valence-electron chi connectivity index (χ4n) is 1.39. The number of carboxylic acids is 1. The first-order valence-corrected chi connectivity index (χ1v) is 8.43. The summed E-state index contributed by atoms with van der Waals surface area (Å²) in [5.74, 6) is -0.183. The average molecular weight is 410 g/mol. The lowest BCUT2D eigenvalue weighted by atomic mass is 10.2. The van der Waals surface area contributed by atoms with Gasteiger partial charge < -0.3 is 15.7 Å². The van der Waals surface area contributed by atoms with Crippen molar-refractivity contribution in [3.8, 4) is 0 Å². The number of rotatable bonds is 6. The maximum absolute atomic E-state index is 11.6. The lowest BCUT2D eigenvalue weighted by Crippen LogP contribution is -2.32. The molecule has 0 aliphatic carbocycles. The molecule has 2 amide bonds. The van der Waals surface area contributed by atoms with Gasteiger partial charge in [-0.3, -0.25) is 4.21 Å². The number of urea groups is 1. The molecule has 0 fully saturated rings. The van der Waals surface area contributed by atoms with Crippen molar-refractivity contribution >= 4 is 51.1 Å². The van der Waals surface area contributed by atoms with E-state index in [1.165, 1.54) is 12.1 Å². The summed E-state index contributed by atoms with van der Waals surface area (Å²) in [6, 6.07) is 4.20. The Hall–Kier alpha value is -1.16. The van der Waals surface area contributed by atoms with Gasteiger partial charge in [0.05, 0.1) is 11.3 Å². The summed E-state index contributed by atoms with van der Waals surface area (Å²) < 4.78 is 12.0. The van der Waals surface area contributed by atoms with Gasteiger partial charge in [-0.15, -0.1) is 0 Å². The Morgan fingerprint density at radius 2 is 2.10 bits per heavy atom. The Balaban J connectivity index is 2.62. The maximum atomic E-state index is 11.6. The van der Waals surface area contributed by atoms with Gasteiger partial charge in [0.2, 0.25) is 0 Å². The van der Waals surface area contributed by atoms with Crippen molar-refractivity contribution in [1.82, 2.24) is 5.32 Å². The summed E-state index contributed by atoms with van der Waals surface area (Å²) in [4.78, 5) is 22.7. The second-order valence-corrected chi connectivity index (χ2v) is 6.92. The molecule has 0 spiro atoms. The topological polar surface area (TPSA) is 95.5 Å². The zero-order valence-electron chi connectivity index (χ0n) is 10.8. The van der Waals surface area contributed by atoms with Crippen LogP contribution in [-0.2, 0) is 10.8 Å². The van der Waals surface area contributed by atoms with Crippen molar-refractivity contribution in [2.75, 3.05) is 23.4 Å². The molecule has 6 nitrogen and oxygen atoms in total. The van der Waals surface area contributed by atoms with Crippen LogP contribution < -0.4 is 10.6 Å². The van der Waals surface area contributed by atoms with E-state index >= 15 is 0 Å². The molecule has 110 valence electrons. The number of hydrogen-bond acceptors (Lipinski definition) is 3. The van der Waals surface area contributed by atoms with Crippen molar-refractivity contribution < 1.29 is 18.9 Å². The number of carbonyl (C=O) groups is 2. The summed E-state index contributed by atoms with van der Waals surface area (Å²) >= 11 is 2.00. The lowest BCUT2D eigenvalue weighted by molar-refractivity contribution is 0.0698. The van der Waals surface area contributed by atoms with Gasteiger partial charge in [0.1, 0.15) is 0 Å². The van der Waals surface area contributed by atoms with E-state index < -0.39 is 22.8 Å². The first kappa shape index (κ1) is 16.9. The summed E-state index contributed by atoms with van der Waals surface area (Å²) in [6.07, 6.45) is 0. The highest BCUT2D eigenvalue weighted by Crippen LogP contribution is 2.18. The van der Waals surface area contributed by atoms with E-state index in [0.717, 1.165) is 3.57 Å². The zero-order valence-corrected chi connectivity index (χ0v) is 13.8. The second-order valence-electron chi connectivity index (χ2n) is 3.81. The predicted molar refractivity (Wildman–Crippen MR) is 86.7 cm³/mol. The van der Waals surface area contributed by atoms with Crippen LogP contribution in [0, 0.1) is 3.57 Å². The highest BCUT2D eigenvalue weighted by atomic mass is 127. The maximum Gasteiger partial charge on any atom is 0.337 e. The molecular formula is C12H15IN2O4S. The third kappa shape index (κ3) is 5.45. The Kier molecular flexibility index (Phi) is 6.93. The van der Waals surface area contributed by atoms with E-state index in [0.29, 0.717) is 11.5 Å². The van der Waals surface area contributed by atoms with Crippen LogP contribution in [0.2, 0.25) is 0 Å². The molecule has 0 aromatic heterocycles. The first-order chi connectivity index (χ1) is 9.43. The third-order valence-corrected chi connectivity index (χ3v) is 4.37. The first-order valence-electron chi connectivity index (χ1n) is 5.86. The SMILES string of the molecule is CCS(=O)CCNC(=O)Nc1ccc(I)cc1C(=O)O. The largest absolute Gasteiger partial charge is 0.478 e. The highest BCUT2D eigenvalue weighted by Gasteiger charge is 2.12. The molecule has 1 aromatic carbocycles. The van der Waals surface area contributed by atoms with Crippen LogP contribution in [0.1, 0.15) is 17.3 Å². The summed E-state index contributed by atoms with van der Waals surface area (Å²) in [5, 5.41) is 14.1. The van der Waals surface area contributed by atoms with Crippen molar-refractivity contribution in [3.63, 3.8) is 0 Å². The molecule has 1 atom stereocenters. The van der Waals surface area contributed by atoms with Gasteiger partial charge in [0, 0.05) is 32.4 Å². The standard InChI is InChI=1S/C12H15IN2O4S/c1-2-20(19)6-5-14-12(18)15-10-4-3-8(13)7-9(10)11(16)17/h3-4,7H,2,5-6H2,1H3,(H,16,17)(H2,14,15,18). The Labute approximate surface area is 132 Å². The summed E-state index contributed by atoms with van der Waals surface area (Å²) in [5.41, 5.74) is 0.260. The molecule has 0 bridgehead atoms. The number of carboxylic acid groups (broad SMARTS) is 1. The van der Waals surface area contributed by atoms with Gasteiger partial charge in [0.15, 0.2) is 0 Å². The molecule has 20 heavy (non-hydrogen) atoms. The van der Waals surface area contributed by atoms with Gasteiger partial charge in [-0.1, -0.05) is 6.92 Å². The number of halogens is 1. The third-order valence-electron chi connectivity index (χ3n) is 2.40. The smallest absolute Gasteiger partial charge is 0.337 e. The molecule has 1 rings (SSSR count). The fourth-order valence-corrected chi connectivity index (χ4v) is 2.50. The van der Waals surface area contributed by atoms with E-state index in [2.05, 4.69) is 10.6 Å². The molecule has 0 radical (unpaired) electrons. The second kappa shape index (κ2) is 8.20. The quantitative estimate of drug-likeness (QED) is 0.625. The van der Waals surface area contributed by atoms with Gasteiger partial charge in [-0.05, 0) is 40.8 Å². The molecule has 0 aliphatic heterocycles. The molecule has 0 heterocycles. The summed E-state index contributed by atoms with van der Waals surface area (Å²) in [7, 11) is -0.942. The zero-order chi connectivity index (χ0) is 15.1. The minimum absolute atomic E-state index is 0.0317. The molecule has 0 aliphatic rings. The van der Waals surface area contributed by atoms with E-state index in [9.17, 15) is 13.8 Å². The number of anilines is 1. The van der Waals surface area contributed by atoms with E-state index in [-0.39, 0.29) is 17.8 Å². The monoisotopic (exact) mass is 410 g/mol. The molecule has 0 saturated heterocycles. The Morgan fingerprint density at radius 1 is 1.40 bits per heavy atom. The Morgan fingerprint density at radius 3 is 2.70 bits per heavy atom. The van der Waals surface area contributed by atoms with Gasteiger partial charge in [-0.25, -0.2) is 9.59 Å². The summed E-state index contributed by atoms with van der Waals surface area (Å²) in [6.45, 7) is 2.08. The Bertz CT molecular complexity index is 536.